The predicted octanol–water partition coefficient (Wildman–Crippen LogP) is 5.07. The zero-order valence-corrected chi connectivity index (χ0v) is 20.0. The van der Waals surface area contributed by atoms with Gasteiger partial charge in [-0.3, -0.25) is 9.48 Å². The number of nitrogens with one attached hydrogen (secondary N) is 1. The van der Waals surface area contributed by atoms with E-state index in [1.807, 2.05) is 97.0 Å². The molecule has 32 heavy (non-hydrogen) atoms. The molecule has 2 heterocycles. The number of rotatable bonds is 7. The molecule has 0 radical (unpaired) electrons. The van der Waals surface area contributed by atoms with Crippen LogP contribution in [-0.4, -0.2) is 25.5 Å². The molecule has 0 spiro atoms. The van der Waals surface area contributed by atoms with Gasteiger partial charge in [-0.1, -0.05) is 55.5 Å². The molecule has 2 aromatic heterocycles. The van der Waals surface area contributed by atoms with Gasteiger partial charge < -0.3 is 5.32 Å². The van der Waals surface area contributed by atoms with Crippen molar-refractivity contribution in [3.8, 4) is 16.9 Å². The molecule has 0 aliphatic carbocycles. The number of para-hydroxylation sites is 1. The summed E-state index contributed by atoms with van der Waals surface area (Å²) in [6.45, 7) is 6.80. The van der Waals surface area contributed by atoms with Crippen molar-refractivity contribution in [2.75, 3.05) is 0 Å². The van der Waals surface area contributed by atoms with E-state index in [0.717, 1.165) is 38.4 Å². The maximum atomic E-state index is 12.9. The van der Waals surface area contributed by atoms with Gasteiger partial charge in [-0.2, -0.15) is 10.2 Å². The van der Waals surface area contributed by atoms with E-state index in [-0.39, 0.29) is 11.8 Å². The van der Waals surface area contributed by atoms with Gasteiger partial charge in [-0.05, 0) is 41.9 Å². The van der Waals surface area contributed by atoms with E-state index in [1.165, 1.54) is 0 Å². The quantitative estimate of drug-likeness (QED) is 0.392. The summed E-state index contributed by atoms with van der Waals surface area (Å²) in [5.74, 6) is -0.232. The van der Waals surface area contributed by atoms with E-state index in [1.54, 1.807) is 0 Å². The SMILES string of the molecule is Cc1nn(CC(C)C(=O)NCc2cn(-c3ccccc3)nc2-c2ccccc2)c(C)c1Br. The Labute approximate surface area is 196 Å². The highest BCUT2D eigenvalue weighted by Gasteiger charge is 2.19. The van der Waals surface area contributed by atoms with E-state index >= 15 is 0 Å². The second kappa shape index (κ2) is 9.53. The molecule has 1 amide bonds. The molecular formula is C25H26BrN5O. The van der Waals surface area contributed by atoms with E-state index < -0.39 is 0 Å². The molecule has 2 aromatic carbocycles. The Balaban J connectivity index is 1.52. The minimum atomic E-state index is -0.218. The van der Waals surface area contributed by atoms with E-state index in [9.17, 15) is 4.79 Å². The van der Waals surface area contributed by atoms with Crippen LogP contribution in [0.15, 0.2) is 71.3 Å². The van der Waals surface area contributed by atoms with Crippen LogP contribution in [0.2, 0.25) is 0 Å². The van der Waals surface area contributed by atoms with Gasteiger partial charge in [0.2, 0.25) is 5.91 Å². The number of hydrogen-bond donors (Lipinski definition) is 1. The van der Waals surface area contributed by atoms with E-state index in [2.05, 4.69) is 26.3 Å². The van der Waals surface area contributed by atoms with Crippen LogP contribution in [0.5, 0.6) is 0 Å². The topological polar surface area (TPSA) is 64.7 Å². The largest absolute Gasteiger partial charge is 0.352 e. The van der Waals surface area contributed by atoms with Crippen molar-refractivity contribution in [1.82, 2.24) is 24.9 Å². The Hall–Kier alpha value is -3.19. The minimum absolute atomic E-state index is 0.0138. The van der Waals surface area contributed by atoms with Gasteiger partial charge in [0.25, 0.3) is 0 Å². The van der Waals surface area contributed by atoms with Gasteiger partial charge in [-0.15, -0.1) is 0 Å². The zero-order chi connectivity index (χ0) is 22.7. The molecule has 0 fully saturated rings. The molecule has 4 rings (SSSR count). The average molecular weight is 492 g/mol. The maximum Gasteiger partial charge on any atom is 0.224 e. The van der Waals surface area contributed by atoms with Gasteiger partial charge in [0.15, 0.2) is 0 Å². The number of halogens is 1. The fraction of sp³-hybridized carbons (Fsp3) is 0.240. The fourth-order valence-electron chi connectivity index (χ4n) is 3.64. The van der Waals surface area contributed by atoms with Crippen molar-refractivity contribution in [2.45, 2.75) is 33.9 Å². The summed E-state index contributed by atoms with van der Waals surface area (Å²) in [6.07, 6.45) is 1.99. The van der Waals surface area contributed by atoms with Crippen molar-refractivity contribution in [3.05, 3.63) is 88.3 Å². The summed E-state index contributed by atoms with van der Waals surface area (Å²) in [6, 6.07) is 20.0. The van der Waals surface area contributed by atoms with Crippen molar-refractivity contribution in [1.29, 1.82) is 0 Å². The normalized spacial score (nSPS) is 12.0. The molecule has 164 valence electrons. The van der Waals surface area contributed by atoms with Crippen LogP contribution in [-0.2, 0) is 17.9 Å². The lowest BCUT2D eigenvalue weighted by atomic mass is 10.1. The first-order chi connectivity index (χ1) is 15.4. The lowest BCUT2D eigenvalue weighted by molar-refractivity contribution is -0.125. The molecular weight excluding hydrogens is 466 g/mol. The van der Waals surface area contributed by atoms with Gasteiger partial charge in [0.1, 0.15) is 0 Å². The first-order valence-corrected chi connectivity index (χ1v) is 11.4. The summed E-state index contributed by atoms with van der Waals surface area (Å²) >= 11 is 3.55. The standard InChI is InChI=1S/C25H26BrN5O/c1-17(15-30-19(3)23(26)18(2)28-30)25(32)27-14-21-16-31(22-12-8-5-9-13-22)29-24(21)20-10-6-4-7-11-20/h4-13,16-17H,14-15H2,1-3H3,(H,27,32). The first kappa shape index (κ1) is 22.0. The number of aromatic nitrogens is 4. The minimum Gasteiger partial charge on any atom is -0.352 e. The molecule has 6 nitrogen and oxygen atoms in total. The molecule has 0 saturated heterocycles. The Morgan fingerprint density at radius 1 is 1.03 bits per heavy atom. The lowest BCUT2D eigenvalue weighted by Gasteiger charge is -2.13. The number of hydrogen-bond acceptors (Lipinski definition) is 3. The van der Waals surface area contributed by atoms with E-state index in [0.29, 0.717) is 13.1 Å². The second-order valence-electron chi connectivity index (χ2n) is 7.93. The summed E-state index contributed by atoms with van der Waals surface area (Å²) in [5, 5.41) is 12.4. The van der Waals surface area contributed by atoms with Crippen molar-refractivity contribution in [3.63, 3.8) is 0 Å². The summed E-state index contributed by atoms with van der Waals surface area (Å²) in [7, 11) is 0. The molecule has 0 aliphatic rings. The lowest BCUT2D eigenvalue weighted by Crippen LogP contribution is -2.31. The summed E-state index contributed by atoms with van der Waals surface area (Å²) in [4.78, 5) is 12.9. The van der Waals surface area contributed by atoms with Gasteiger partial charge >= 0.3 is 0 Å². The molecule has 0 bridgehead atoms. The Bertz CT molecular complexity index is 1210. The van der Waals surface area contributed by atoms with Crippen LogP contribution in [0, 0.1) is 19.8 Å². The van der Waals surface area contributed by atoms with Gasteiger partial charge in [0.05, 0.1) is 34.0 Å². The number of aryl methyl sites for hydroxylation is 1. The Morgan fingerprint density at radius 3 is 2.31 bits per heavy atom. The molecule has 1 atom stereocenters. The third-order valence-corrected chi connectivity index (χ3v) is 6.65. The number of benzene rings is 2. The van der Waals surface area contributed by atoms with Gasteiger partial charge in [0, 0.05) is 29.6 Å². The molecule has 0 aliphatic heterocycles. The third-order valence-electron chi connectivity index (χ3n) is 5.50. The predicted molar refractivity (Wildman–Crippen MR) is 129 cm³/mol. The highest BCUT2D eigenvalue weighted by atomic mass is 79.9. The second-order valence-corrected chi connectivity index (χ2v) is 8.73. The van der Waals surface area contributed by atoms with Crippen LogP contribution in [0.25, 0.3) is 16.9 Å². The van der Waals surface area contributed by atoms with Crippen LogP contribution in [0.3, 0.4) is 0 Å². The molecule has 1 unspecified atom stereocenters. The molecule has 7 heteroatoms. The van der Waals surface area contributed by atoms with Crippen molar-refractivity contribution >= 4 is 21.8 Å². The third kappa shape index (κ3) is 4.67. The van der Waals surface area contributed by atoms with Crippen molar-refractivity contribution < 1.29 is 4.79 Å². The number of carbonyl (C=O) groups is 1. The maximum absolute atomic E-state index is 12.9. The summed E-state index contributed by atoms with van der Waals surface area (Å²) in [5.41, 5.74) is 5.78. The number of carbonyl (C=O) groups excluding carboxylic acids is 1. The zero-order valence-electron chi connectivity index (χ0n) is 18.4. The smallest absolute Gasteiger partial charge is 0.224 e. The van der Waals surface area contributed by atoms with Crippen LogP contribution >= 0.6 is 15.9 Å². The van der Waals surface area contributed by atoms with Crippen LogP contribution < -0.4 is 5.32 Å². The average Bonchev–Trinajstić information content (AvgIpc) is 3.35. The van der Waals surface area contributed by atoms with E-state index in [4.69, 9.17) is 5.10 Å². The number of amides is 1. The van der Waals surface area contributed by atoms with Crippen LogP contribution in [0.1, 0.15) is 23.9 Å². The Kier molecular flexibility index (Phi) is 6.55. The molecule has 1 N–H and O–H groups in total. The highest BCUT2D eigenvalue weighted by Crippen LogP contribution is 2.24. The van der Waals surface area contributed by atoms with Crippen LogP contribution in [0.4, 0.5) is 0 Å². The molecule has 0 saturated carbocycles. The highest BCUT2D eigenvalue weighted by molar-refractivity contribution is 9.10. The fourth-order valence-corrected chi connectivity index (χ4v) is 3.93. The monoisotopic (exact) mass is 491 g/mol. The molecule has 4 aromatic rings. The Morgan fingerprint density at radius 2 is 1.69 bits per heavy atom. The van der Waals surface area contributed by atoms with Gasteiger partial charge in [-0.25, -0.2) is 4.68 Å². The first-order valence-electron chi connectivity index (χ1n) is 10.6. The summed E-state index contributed by atoms with van der Waals surface area (Å²) < 4.78 is 4.73. The number of nitrogens with zero attached hydrogens (tertiary/aromatic N) is 4. The van der Waals surface area contributed by atoms with Crippen molar-refractivity contribution in [2.24, 2.45) is 5.92 Å².